The van der Waals surface area contributed by atoms with E-state index in [-0.39, 0.29) is 12.4 Å². The van der Waals surface area contributed by atoms with Crippen molar-refractivity contribution in [1.29, 1.82) is 0 Å². The molecule has 0 saturated heterocycles. The predicted octanol–water partition coefficient (Wildman–Crippen LogP) is 2.30. The minimum absolute atomic E-state index is 0.178. The van der Waals surface area contributed by atoms with Crippen LogP contribution in [0.4, 0.5) is 13.2 Å². The third kappa shape index (κ3) is 9.47. The molecule has 0 aliphatic carbocycles. The van der Waals surface area contributed by atoms with Crippen LogP contribution in [0.1, 0.15) is 12.0 Å². The number of nitrogens with one attached hydrogen (secondary N) is 2. The van der Waals surface area contributed by atoms with Crippen LogP contribution < -0.4 is 15.4 Å². The Balaban J connectivity index is 2.19. The summed E-state index contributed by atoms with van der Waals surface area (Å²) in [7, 11) is 3.26. The van der Waals surface area contributed by atoms with Crippen molar-refractivity contribution in [1.82, 2.24) is 10.6 Å². The second-order valence-corrected chi connectivity index (χ2v) is 5.26. The smallest absolute Gasteiger partial charge is 0.416 e. The number of hydrogen-bond donors (Lipinski definition) is 2. The second-order valence-electron chi connectivity index (χ2n) is 5.26. The van der Waals surface area contributed by atoms with E-state index in [4.69, 9.17) is 14.2 Å². The van der Waals surface area contributed by atoms with Gasteiger partial charge in [0.2, 0.25) is 0 Å². The van der Waals surface area contributed by atoms with Crippen LogP contribution in [-0.4, -0.2) is 59.6 Å². The summed E-state index contributed by atoms with van der Waals surface area (Å²) < 4.78 is 53.5. The Morgan fingerprint density at radius 3 is 2.54 bits per heavy atom. The van der Waals surface area contributed by atoms with Crippen LogP contribution in [0.25, 0.3) is 0 Å². The van der Waals surface area contributed by atoms with Crippen LogP contribution in [0, 0.1) is 0 Å². The van der Waals surface area contributed by atoms with E-state index in [9.17, 15) is 13.2 Å². The zero-order valence-corrected chi connectivity index (χ0v) is 15.1. The van der Waals surface area contributed by atoms with Crippen molar-refractivity contribution in [2.45, 2.75) is 12.6 Å². The average molecular weight is 377 g/mol. The first-order valence-electron chi connectivity index (χ1n) is 8.28. The largest absolute Gasteiger partial charge is 0.492 e. The highest BCUT2D eigenvalue weighted by atomic mass is 19.4. The summed E-state index contributed by atoms with van der Waals surface area (Å²) in [5.74, 6) is 0.771. The van der Waals surface area contributed by atoms with Crippen LogP contribution in [0.2, 0.25) is 0 Å². The van der Waals surface area contributed by atoms with Gasteiger partial charge >= 0.3 is 6.18 Å². The number of benzene rings is 1. The molecular weight excluding hydrogens is 351 g/mol. The highest BCUT2D eigenvalue weighted by Gasteiger charge is 2.30. The molecule has 0 aliphatic rings. The molecule has 148 valence electrons. The summed E-state index contributed by atoms with van der Waals surface area (Å²) in [6.45, 7) is 3.05. The lowest BCUT2D eigenvalue weighted by Crippen LogP contribution is -2.39. The molecule has 9 heteroatoms. The summed E-state index contributed by atoms with van der Waals surface area (Å²) in [5, 5.41) is 6.14. The van der Waals surface area contributed by atoms with E-state index in [1.165, 1.54) is 12.1 Å². The van der Waals surface area contributed by atoms with Crippen molar-refractivity contribution >= 4 is 5.96 Å². The second kappa shape index (κ2) is 12.4. The highest BCUT2D eigenvalue weighted by molar-refractivity contribution is 5.79. The molecule has 0 aliphatic heterocycles. The quantitative estimate of drug-likeness (QED) is 0.352. The molecular formula is C17H26F3N3O3. The van der Waals surface area contributed by atoms with Gasteiger partial charge in [-0.05, 0) is 24.6 Å². The van der Waals surface area contributed by atoms with Crippen molar-refractivity contribution in [2.24, 2.45) is 4.99 Å². The lowest BCUT2D eigenvalue weighted by Gasteiger charge is -2.13. The Labute approximate surface area is 151 Å². The van der Waals surface area contributed by atoms with Gasteiger partial charge in [0.25, 0.3) is 0 Å². The van der Waals surface area contributed by atoms with E-state index in [0.717, 1.165) is 18.6 Å². The highest BCUT2D eigenvalue weighted by Crippen LogP contribution is 2.31. The van der Waals surface area contributed by atoms with E-state index in [0.29, 0.717) is 38.9 Å². The number of methoxy groups -OCH3 is 1. The van der Waals surface area contributed by atoms with Crippen molar-refractivity contribution in [2.75, 3.05) is 53.7 Å². The number of hydrogen-bond acceptors (Lipinski definition) is 4. The third-order valence-corrected chi connectivity index (χ3v) is 3.24. The topological polar surface area (TPSA) is 64.1 Å². The molecule has 1 aromatic rings. The fraction of sp³-hybridized carbons (Fsp3) is 0.588. The van der Waals surface area contributed by atoms with Crippen molar-refractivity contribution < 1.29 is 27.4 Å². The fourth-order valence-corrected chi connectivity index (χ4v) is 1.95. The number of alkyl halides is 3. The van der Waals surface area contributed by atoms with Gasteiger partial charge in [0, 0.05) is 27.3 Å². The molecule has 0 unspecified atom stereocenters. The Hall–Kier alpha value is -2.00. The summed E-state index contributed by atoms with van der Waals surface area (Å²) in [5.41, 5.74) is -0.729. The Morgan fingerprint density at radius 2 is 1.85 bits per heavy atom. The normalized spacial score (nSPS) is 12.1. The van der Waals surface area contributed by atoms with Crippen LogP contribution in [0.15, 0.2) is 29.3 Å². The average Bonchev–Trinajstić information content (AvgIpc) is 2.62. The van der Waals surface area contributed by atoms with Crippen LogP contribution >= 0.6 is 0 Å². The summed E-state index contributed by atoms with van der Waals surface area (Å²) >= 11 is 0. The van der Waals surface area contributed by atoms with Gasteiger partial charge in [-0.25, -0.2) is 0 Å². The minimum atomic E-state index is -4.38. The molecule has 26 heavy (non-hydrogen) atoms. The maximum absolute atomic E-state index is 12.6. The molecule has 1 rings (SSSR count). The van der Waals surface area contributed by atoms with Crippen LogP contribution in [0.5, 0.6) is 5.75 Å². The molecule has 0 radical (unpaired) electrons. The van der Waals surface area contributed by atoms with Crippen molar-refractivity contribution in [3.8, 4) is 5.75 Å². The maximum atomic E-state index is 12.6. The molecule has 2 N–H and O–H groups in total. The van der Waals surface area contributed by atoms with Crippen LogP contribution in [0.3, 0.4) is 0 Å². The lowest BCUT2D eigenvalue weighted by atomic mass is 10.2. The number of aliphatic imine (C=N–C) groups is 1. The SMILES string of the molecule is CN=C(NCCCOCCOC)NCCOc1cccc(C(F)(F)F)c1. The molecule has 0 amide bonds. The molecule has 0 bridgehead atoms. The molecule has 1 aromatic carbocycles. The van der Waals surface area contributed by atoms with E-state index >= 15 is 0 Å². The first kappa shape index (κ1) is 22.0. The first-order chi connectivity index (χ1) is 12.5. The molecule has 0 saturated carbocycles. The van der Waals surface area contributed by atoms with Gasteiger partial charge in [-0.2, -0.15) is 13.2 Å². The Kier molecular flexibility index (Phi) is 10.5. The first-order valence-corrected chi connectivity index (χ1v) is 8.28. The van der Waals surface area contributed by atoms with Crippen LogP contribution in [-0.2, 0) is 15.7 Å². The minimum Gasteiger partial charge on any atom is -0.492 e. The van der Waals surface area contributed by atoms with Gasteiger partial charge in [-0.15, -0.1) is 0 Å². The number of nitrogens with zero attached hydrogens (tertiary/aromatic N) is 1. The fourth-order valence-electron chi connectivity index (χ4n) is 1.95. The molecule has 0 heterocycles. The molecule has 0 aromatic heterocycles. The van der Waals surface area contributed by atoms with Gasteiger partial charge in [0.1, 0.15) is 12.4 Å². The van der Waals surface area contributed by atoms with Gasteiger partial charge in [0.05, 0.1) is 25.3 Å². The van der Waals surface area contributed by atoms with E-state index in [1.807, 2.05) is 0 Å². The molecule has 0 atom stereocenters. The summed E-state index contributed by atoms with van der Waals surface area (Å²) in [6, 6.07) is 4.80. The van der Waals surface area contributed by atoms with E-state index in [1.54, 1.807) is 14.2 Å². The Morgan fingerprint density at radius 1 is 1.08 bits per heavy atom. The summed E-state index contributed by atoms with van der Waals surface area (Å²) in [6.07, 6.45) is -3.57. The lowest BCUT2D eigenvalue weighted by molar-refractivity contribution is -0.137. The van der Waals surface area contributed by atoms with Gasteiger partial charge in [-0.1, -0.05) is 6.07 Å². The predicted molar refractivity (Wildman–Crippen MR) is 93.6 cm³/mol. The number of guanidine groups is 1. The zero-order valence-electron chi connectivity index (χ0n) is 15.1. The monoisotopic (exact) mass is 377 g/mol. The van der Waals surface area contributed by atoms with Crippen molar-refractivity contribution in [3.05, 3.63) is 29.8 Å². The van der Waals surface area contributed by atoms with Crippen molar-refractivity contribution in [3.63, 3.8) is 0 Å². The van der Waals surface area contributed by atoms with E-state index in [2.05, 4.69) is 15.6 Å². The zero-order chi connectivity index (χ0) is 19.3. The number of ether oxygens (including phenoxy) is 3. The number of rotatable bonds is 11. The standard InChI is InChI=1S/C17H26F3N3O3/c1-21-16(22-7-4-9-25-12-11-24-2)23-8-10-26-15-6-3-5-14(13-15)17(18,19)20/h3,5-6,13H,4,7-12H2,1-2H3,(H2,21,22,23). The van der Waals surface area contributed by atoms with Gasteiger partial charge < -0.3 is 24.8 Å². The maximum Gasteiger partial charge on any atom is 0.416 e. The molecule has 0 fully saturated rings. The van der Waals surface area contributed by atoms with Gasteiger partial charge in [-0.3, -0.25) is 4.99 Å². The summed E-state index contributed by atoms with van der Waals surface area (Å²) in [4.78, 5) is 4.06. The van der Waals surface area contributed by atoms with Gasteiger partial charge in [0.15, 0.2) is 5.96 Å². The molecule has 6 nitrogen and oxygen atoms in total. The Bertz CT molecular complexity index is 539. The number of halogens is 3. The third-order valence-electron chi connectivity index (χ3n) is 3.24. The van der Waals surface area contributed by atoms with E-state index < -0.39 is 11.7 Å². The molecule has 0 spiro atoms.